The van der Waals surface area contributed by atoms with Gasteiger partial charge >= 0.3 is 0 Å². The molecule has 3 rings (SSSR count). The number of sulfonamides is 1. The predicted octanol–water partition coefficient (Wildman–Crippen LogP) is 4.79. The lowest BCUT2D eigenvalue weighted by molar-refractivity contribution is -0.141. The first-order valence-electron chi connectivity index (χ1n) is 13.5. The molecule has 0 aliphatic heterocycles. The zero-order valence-corrected chi connectivity index (χ0v) is 23.6. The summed E-state index contributed by atoms with van der Waals surface area (Å²) in [6.07, 6.45) is 3.80. The number of amides is 2. The zero-order valence-electron chi connectivity index (χ0n) is 22.8. The van der Waals surface area contributed by atoms with Gasteiger partial charge in [-0.3, -0.25) is 13.9 Å². The molecule has 0 unspecified atom stereocenters. The van der Waals surface area contributed by atoms with Crippen LogP contribution in [0.5, 0.6) is 0 Å². The van der Waals surface area contributed by atoms with E-state index in [1.165, 1.54) is 10.6 Å². The lowest BCUT2D eigenvalue weighted by atomic mass is 10.0. The van der Waals surface area contributed by atoms with Crippen molar-refractivity contribution in [3.8, 4) is 0 Å². The maximum Gasteiger partial charge on any atom is 0.243 e. The largest absolute Gasteiger partial charge is 0.354 e. The minimum absolute atomic E-state index is 0.110. The second kappa shape index (κ2) is 15.1. The van der Waals surface area contributed by atoms with Crippen LogP contribution in [0.25, 0.3) is 0 Å². The summed E-state index contributed by atoms with van der Waals surface area (Å²) in [5, 5.41) is 3.02. The Labute approximate surface area is 232 Å². The molecule has 1 atom stereocenters. The minimum atomic E-state index is -3.52. The second-order valence-corrected chi connectivity index (χ2v) is 11.5. The van der Waals surface area contributed by atoms with E-state index in [-0.39, 0.29) is 31.3 Å². The van der Waals surface area contributed by atoms with E-state index in [1.807, 2.05) is 66.7 Å². The number of nitrogens with zero attached hydrogens (tertiary/aromatic N) is 2. The van der Waals surface area contributed by atoms with Crippen LogP contribution in [0.4, 0.5) is 5.69 Å². The molecule has 0 aliphatic rings. The van der Waals surface area contributed by atoms with Gasteiger partial charge in [0.05, 0.1) is 11.9 Å². The molecule has 208 valence electrons. The van der Waals surface area contributed by atoms with Gasteiger partial charge in [0.1, 0.15) is 6.04 Å². The van der Waals surface area contributed by atoms with E-state index < -0.39 is 16.1 Å². The highest BCUT2D eigenvalue weighted by Gasteiger charge is 2.30. The van der Waals surface area contributed by atoms with Crippen LogP contribution in [0.2, 0.25) is 0 Å². The lowest BCUT2D eigenvalue weighted by Gasteiger charge is -2.32. The number of para-hydroxylation sites is 1. The highest BCUT2D eigenvalue weighted by Crippen LogP contribution is 2.20. The van der Waals surface area contributed by atoms with E-state index in [4.69, 9.17) is 0 Å². The number of benzene rings is 3. The Morgan fingerprint density at radius 2 is 1.38 bits per heavy atom. The van der Waals surface area contributed by atoms with E-state index in [0.29, 0.717) is 25.1 Å². The molecule has 0 aromatic heterocycles. The Hall–Kier alpha value is -3.65. The third kappa shape index (κ3) is 9.55. The van der Waals surface area contributed by atoms with Gasteiger partial charge in [-0.2, -0.15) is 0 Å². The van der Waals surface area contributed by atoms with Crippen molar-refractivity contribution in [1.82, 2.24) is 10.2 Å². The first-order chi connectivity index (χ1) is 18.8. The van der Waals surface area contributed by atoms with E-state index in [1.54, 1.807) is 29.2 Å². The summed E-state index contributed by atoms with van der Waals surface area (Å²) in [6, 6.07) is 27.5. The number of unbranched alkanes of at least 4 members (excludes halogenated alkanes) is 1. The molecule has 3 aromatic rings. The fourth-order valence-electron chi connectivity index (χ4n) is 4.44. The number of hydrogen-bond acceptors (Lipinski definition) is 4. The molecular formula is C31H39N3O4S. The van der Waals surface area contributed by atoms with Crippen LogP contribution >= 0.6 is 0 Å². The highest BCUT2D eigenvalue weighted by molar-refractivity contribution is 7.92. The average Bonchev–Trinajstić information content (AvgIpc) is 2.94. The maximum atomic E-state index is 13.8. The molecule has 0 heterocycles. The number of nitrogens with one attached hydrogen (secondary N) is 1. The summed E-state index contributed by atoms with van der Waals surface area (Å²) in [5.41, 5.74) is 2.45. The number of rotatable bonds is 15. The Morgan fingerprint density at radius 3 is 1.95 bits per heavy atom. The van der Waals surface area contributed by atoms with E-state index >= 15 is 0 Å². The zero-order chi connectivity index (χ0) is 28.1. The summed E-state index contributed by atoms with van der Waals surface area (Å²) in [6.45, 7) is 3.06. The smallest absolute Gasteiger partial charge is 0.243 e. The summed E-state index contributed by atoms with van der Waals surface area (Å²) < 4.78 is 26.3. The van der Waals surface area contributed by atoms with Crippen LogP contribution in [-0.2, 0) is 32.6 Å². The maximum absolute atomic E-state index is 13.8. The van der Waals surface area contributed by atoms with Crippen molar-refractivity contribution >= 4 is 27.5 Å². The second-order valence-electron chi connectivity index (χ2n) is 9.63. The third-order valence-electron chi connectivity index (χ3n) is 6.49. The monoisotopic (exact) mass is 549 g/mol. The molecule has 0 radical (unpaired) electrons. The van der Waals surface area contributed by atoms with Crippen molar-refractivity contribution in [2.45, 2.75) is 51.6 Å². The van der Waals surface area contributed by atoms with Gasteiger partial charge in [0.25, 0.3) is 0 Å². The molecule has 0 bridgehead atoms. The van der Waals surface area contributed by atoms with Crippen LogP contribution in [0.1, 0.15) is 43.7 Å². The van der Waals surface area contributed by atoms with Gasteiger partial charge in [0.15, 0.2) is 0 Å². The molecular weight excluding hydrogens is 510 g/mol. The fraction of sp³-hybridized carbons (Fsp3) is 0.355. The lowest BCUT2D eigenvalue weighted by Crippen LogP contribution is -2.50. The molecule has 1 N–H and O–H groups in total. The summed E-state index contributed by atoms with van der Waals surface area (Å²) in [5.74, 6) is -0.370. The third-order valence-corrected chi connectivity index (χ3v) is 7.69. The fourth-order valence-corrected chi connectivity index (χ4v) is 5.40. The van der Waals surface area contributed by atoms with Gasteiger partial charge in [-0.25, -0.2) is 8.42 Å². The number of hydrogen-bond donors (Lipinski definition) is 1. The van der Waals surface area contributed by atoms with E-state index in [0.717, 1.165) is 24.0 Å². The Balaban J connectivity index is 1.83. The standard InChI is InChI=1S/C31H39N3O4S/c1-3-4-22-32-31(36)29(24-26-15-8-5-9-16-26)33(25-27-17-10-6-11-18-27)30(35)21-14-23-34(39(2,37)38)28-19-12-7-13-20-28/h5-13,15-20,29H,3-4,14,21-25H2,1-2H3,(H,32,36)/t29-/m0/s1. The number of carbonyl (C=O) groups excluding carboxylic acids is 2. The first-order valence-corrected chi connectivity index (χ1v) is 15.3. The van der Waals surface area contributed by atoms with Gasteiger partial charge < -0.3 is 10.2 Å². The molecule has 7 nitrogen and oxygen atoms in total. The molecule has 3 aromatic carbocycles. The molecule has 0 fully saturated rings. The molecule has 0 saturated carbocycles. The van der Waals surface area contributed by atoms with Gasteiger partial charge in [-0.05, 0) is 36.1 Å². The van der Waals surface area contributed by atoms with Crippen molar-refractivity contribution in [3.05, 3.63) is 102 Å². The van der Waals surface area contributed by atoms with Crippen LogP contribution in [0.15, 0.2) is 91.0 Å². The molecule has 0 aliphatic carbocycles. The van der Waals surface area contributed by atoms with Crippen molar-refractivity contribution in [2.75, 3.05) is 23.7 Å². The van der Waals surface area contributed by atoms with Crippen LogP contribution in [0, 0.1) is 0 Å². The average molecular weight is 550 g/mol. The first kappa shape index (κ1) is 29.9. The summed E-state index contributed by atoms with van der Waals surface area (Å²) in [4.78, 5) is 28.9. The SMILES string of the molecule is CCCCNC(=O)[C@H](Cc1ccccc1)N(Cc1ccccc1)C(=O)CCCN(c1ccccc1)S(C)(=O)=O. The molecule has 0 spiro atoms. The van der Waals surface area contributed by atoms with E-state index in [2.05, 4.69) is 12.2 Å². The minimum Gasteiger partial charge on any atom is -0.354 e. The van der Waals surface area contributed by atoms with Gasteiger partial charge in [0.2, 0.25) is 21.8 Å². The summed E-state index contributed by atoms with van der Waals surface area (Å²) >= 11 is 0. The number of carbonyl (C=O) groups is 2. The summed E-state index contributed by atoms with van der Waals surface area (Å²) in [7, 11) is -3.52. The normalized spacial score (nSPS) is 11.9. The Morgan fingerprint density at radius 1 is 0.821 bits per heavy atom. The Bertz CT molecular complexity index is 1270. The topological polar surface area (TPSA) is 86.8 Å². The van der Waals surface area contributed by atoms with Crippen molar-refractivity contribution in [2.24, 2.45) is 0 Å². The quantitative estimate of drug-likeness (QED) is 0.276. The van der Waals surface area contributed by atoms with Crippen molar-refractivity contribution in [3.63, 3.8) is 0 Å². The molecule has 0 saturated heterocycles. The Kier molecular flexibility index (Phi) is 11.6. The van der Waals surface area contributed by atoms with Crippen molar-refractivity contribution in [1.29, 1.82) is 0 Å². The van der Waals surface area contributed by atoms with Gasteiger partial charge in [-0.15, -0.1) is 0 Å². The van der Waals surface area contributed by atoms with Gasteiger partial charge in [0, 0.05) is 32.5 Å². The van der Waals surface area contributed by atoms with Crippen molar-refractivity contribution < 1.29 is 18.0 Å². The number of anilines is 1. The van der Waals surface area contributed by atoms with Crippen LogP contribution < -0.4 is 9.62 Å². The van der Waals surface area contributed by atoms with Crippen LogP contribution in [-0.4, -0.2) is 50.5 Å². The molecule has 8 heteroatoms. The molecule has 39 heavy (non-hydrogen) atoms. The van der Waals surface area contributed by atoms with E-state index in [9.17, 15) is 18.0 Å². The van der Waals surface area contributed by atoms with Gasteiger partial charge in [-0.1, -0.05) is 92.2 Å². The van der Waals surface area contributed by atoms with Crippen LogP contribution in [0.3, 0.4) is 0 Å². The molecule has 2 amide bonds. The predicted molar refractivity (Wildman–Crippen MR) is 157 cm³/mol. The highest BCUT2D eigenvalue weighted by atomic mass is 32.2.